The Kier molecular flexibility index (Phi) is 2.35. The summed E-state index contributed by atoms with van der Waals surface area (Å²) < 4.78 is 6.13. The number of fused-ring (bicyclic) bond motifs is 2. The number of aliphatic hydroxyl groups is 1. The normalized spacial score (nSPS) is 53.0. The molecule has 2 spiro atoms. The summed E-state index contributed by atoms with van der Waals surface area (Å²) in [6, 6.07) is 9.06. The fourth-order valence-corrected chi connectivity index (χ4v) is 8.30. The number of nitrogens with zero attached hydrogens (tertiary/aromatic N) is 2. The minimum atomic E-state index is -0.836. The zero-order valence-electron chi connectivity index (χ0n) is 15.0. The van der Waals surface area contributed by atoms with Crippen LogP contribution >= 0.6 is 0 Å². The van der Waals surface area contributed by atoms with Crippen molar-refractivity contribution in [2.45, 2.75) is 56.1 Å². The van der Waals surface area contributed by atoms with Crippen LogP contribution in [-0.2, 0) is 14.9 Å². The maximum Gasteiger partial charge on any atom is 0.228 e. The smallest absolute Gasteiger partial charge is 0.228 e. The molecule has 6 aliphatic rings. The summed E-state index contributed by atoms with van der Waals surface area (Å²) in [7, 11) is 0. The number of benzene rings is 1. The molecule has 7 rings (SSSR count). The molecule has 0 radical (unpaired) electrons. The van der Waals surface area contributed by atoms with E-state index >= 15 is 0 Å². The number of piperidine rings is 1. The molecule has 1 amide bonds. The van der Waals surface area contributed by atoms with Crippen molar-refractivity contribution in [1.29, 1.82) is 0 Å². The van der Waals surface area contributed by atoms with E-state index in [9.17, 15) is 9.90 Å². The molecule has 136 valence electrons. The standard InChI is InChI=1S/C21H24N2O3/c1-11-12-10-22-7-6-20-13-4-2-3-5-15(13)23-17(24)9-21(18(20)23,19(25)26-11)14(12)8-16(20)22/h2-5,11-12,14,16,18-19,25H,6-10H2,1H3/t11-,12+,14+,16+,18-,19+,20?,21+/m1/s1. The average molecular weight is 352 g/mol. The summed E-state index contributed by atoms with van der Waals surface area (Å²) in [4.78, 5) is 18.0. The molecule has 1 aliphatic carbocycles. The lowest BCUT2D eigenvalue weighted by molar-refractivity contribution is -0.300. The van der Waals surface area contributed by atoms with Crippen molar-refractivity contribution in [3.05, 3.63) is 29.8 Å². The van der Waals surface area contributed by atoms with Gasteiger partial charge in [-0.3, -0.25) is 9.69 Å². The Hall–Kier alpha value is -1.43. The first kappa shape index (κ1) is 14.6. The van der Waals surface area contributed by atoms with E-state index in [0.717, 1.165) is 31.6 Å². The first-order valence-electron chi connectivity index (χ1n) is 10.1. The summed E-state index contributed by atoms with van der Waals surface area (Å²) in [5, 5.41) is 11.2. The third kappa shape index (κ3) is 1.23. The predicted octanol–water partition coefficient (Wildman–Crippen LogP) is 1.49. The topological polar surface area (TPSA) is 53.0 Å². The van der Waals surface area contributed by atoms with E-state index in [1.54, 1.807) is 0 Å². The molecule has 1 aromatic carbocycles. The van der Waals surface area contributed by atoms with E-state index in [-0.39, 0.29) is 23.5 Å². The van der Waals surface area contributed by atoms with Gasteiger partial charge in [-0.15, -0.1) is 0 Å². The molecular formula is C21H24N2O3. The second kappa shape index (κ2) is 4.18. The van der Waals surface area contributed by atoms with Crippen LogP contribution in [-0.4, -0.2) is 53.5 Å². The number of rotatable bonds is 0. The molecule has 1 unspecified atom stereocenters. The van der Waals surface area contributed by atoms with E-state index in [1.807, 2.05) is 6.07 Å². The number of para-hydroxylation sites is 1. The highest BCUT2D eigenvalue weighted by Crippen LogP contribution is 2.72. The number of hydrogen-bond acceptors (Lipinski definition) is 4. The van der Waals surface area contributed by atoms with Gasteiger partial charge in [-0.05, 0) is 43.9 Å². The van der Waals surface area contributed by atoms with Crippen molar-refractivity contribution in [2.75, 3.05) is 18.0 Å². The van der Waals surface area contributed by atoms with Crippen LogP contribution in [0.25, 0.3) is 0 Å². The number of aliphatic hydroxyl groups excluding tert-OH is 1. The van der Waals surface area contributed by atoms with Crippen LogP contribution in [0.15, 0.2) is 24.3 Å². The van der Waals surface area contributed by atoms with Gasteiger partial charge in [0, 0.05) is 36.0 Å². The maximum absolute atomic E-state index is 13.3. The van der Waals surface area contributed by atoms with Gasteiger partial charge < -0.3 is 14.7 Å². The molecule has 26 heavy (non-hydrogen) atoms. The molecule has 0 aromatic heterocycles. The highest BCUT2D eigenvalue weighted by atomic mass is 16.6. The third-order valence-electron chi connectivity index (χ3n) is 9.03. The first-order valence-corrected chi connectivity index (χ1v) is 10.1. The van der Waals surface area contributed by atoms with Crippen molar-refractivity contribution < 1.29 is 14.6 Å². The van der Waals surface area contributed by atoms with Gasteiger partial charge in [-0.25, -0.2) is 0 Å². The van der Waals surface area contributed by atoms with Gasteiger partial charge in [-0.2, -0.15) is 0 Å². The highest BCUT2D eigenvalue weighted by Gasteiger charge is 2.79. The van der Waals surface area contributed by atoms with E-state index < -0.39 is 11.7 Å². The third-order valence-corrected chi connectivity index (χ3v) is 9.03. The van der Waals surface area contributed by atoms with Crippen LogP contribution in [0.2, 0.25) is 0 Å². The van der Waals surface area contributed by atoms with Crippen LogP contribution in [0.4, 0.5) is 5.69 Å². The quantitative estimate of drug-likeness (QED) is 0.769. The molecule has 8 atom stereocenters. The van der Waals surface area contributed by atoms with E-state index in [1.165, 1.54) is 5.56 Å². The number of anilines is 1. The van der Waals surface area contributed by atoms with E-state index in [0.29, 0.717) is 24.3 Å². The monoisotopic (exact) mass is 352 g/mol. The summed E-state index contributed by atoms with van der Waals surface area (Å²) in [6.07, 6.45) is 1.85. The van der Waals surface area contributed by atoms with Crippen LogP contribution in [0.5, 0.6) is 0 Å². The SMILES string of the molecule is C[C@H]1O[C@H](O)[C@@]23CC(=O)N4c5ccccc5C5(CCN6C[C@@H]1[C@@H]2C[C@H]65)[C@@H]43. The molecule has 1 aromatic rings. The van der Waals surface area contributed by atoms with Gasteiger partial charge in [0.1, 0.15) is 0 Å². The van der Waals surface area contributed by atoms with Crippen molar-refractivity contribution >= 4 is 11.6 Å². The summed E-state index contributed by atoms with van der Waals surface area (Å²) in [6.45, 7) is 4.26. The Morgan fingerprint density at radius 3 is 3.04 bits per heavy atom. The van der Waals surface area contributed by atoms with Crippen molar-refractivity contribution in [3.8, 4) is 0 Å². The molecule has 2 bridgehead atoms. The van der Waals surface area contributed by atoms with Crippen LogP contribution < -0.4 is 4.90 Å². The predicted molar refractivity (Wildman–Crippen MR) is 94.6 cm³/mol. The molecule has 1 saturated carbocycles. The Morgan fingerprint density at radius 2 is 2.15 bits per heavy atom. The van der Waals surface area contributed by atoms with Crippen molar-refractivity contribution in [2.24, 2.45) is 17.3 Å². The van der Waals surface area contributed by atoms with Crippen LogP contribution in [0, 0.1) is 17.3 Å². The zero-order chi connectivity index (χ0) is 17.4. The number of ether oxygens (including phenoxy) is 1. The number of carbonyl (C=O) groups excluding carboxylic acids is 1. The molecule has 5 nitrogen and oxygen atoms in total. The zero-order valence-corrected chi connectivity index (χ0v) is 15.0. The Balaban J connectivity index is 1.57. The summed E-state index contributed by atoms with van der Waals surface area (Å²) >= 11 is 0. The van der Waals surface area contributed by atoms with Gasteiger partial charge in [0.15, 0.2) is 6.29 Å². The largest absolute Gasteiger partial charge is 0.367 e. The molecule has 5 heteroatoms. The Bertz CT molecular complexity index is 857. The van der Waals surface area contributed by atoms with Gasteiger partial charge in [0.25, 0.3) is 0 Å². The lowest BCUT2D eigenvalue weighted by Gasteiger charge is -2.64. The van der Waals surface area contributed by atoms with Crippen molar-refractivity contribution in [1.82, 2.24) is 4.90 Å². The molecule has 5 aliphatic heterocycles. The molecule has 4 saturated heterocycles. The average Bonchev–Trinajstić information content (AvgIpc) is 3.27. The van der Waals surface area contributed by atoms with Gasteiger partial charge in [-0.1, -0.05) is 18.2 Å². The molecular weight excluding hydrogens is 328 g/mol. The minimum Gasteiger partial charge on any atom is -0.367 e. The first-order chi connectivity index (χ1) is 12.6. The highest BCUT2D eigenvalue weighted by molar-refractivity contribution is 6.01. The minimum absolute atomic E-state index is 0.0326. The number of carbonyl (C=O) groups is 1. The second-order valence-electron chi connectivity index (χ2n) is 9.47. The Labute approximate surface area is 152 Å². The van der Waals surface area contributed by atoms with Gasteiger partial charge in [0.2, 0.25) is 5.91 Å². The second-order valence-corrected chi connectivity index (χ2v) is 9.47. The van der Waals surface area contributed by atoms with Crippen molar-refractivity contribution in [3.63, 3.8) is 0 Å². The van der Waals surface area contributed by atoms with Gasteiger partial charge in [0.05, 0.1) is 17.6 Å². The molecule has 5 heterocycles. The Morgan fingerprint density at radius 1 is 1.31 bits per heavy atom. The summed E-state index contributed by atoms with van der Waals surface area (Å²) in [5.41, 5.74) is 1.96. The molecule has 5 fully saturated rings. The van der Waals surface area contributed by atoms with Crippen LogP contribution in [0.3, 0.4) is 0 Å². The van der Waals surface area contributed by atoms with Gasteiger partial charge >= 0.3 is 0 Å². The fraction of sp³-hybridized carbons (Fsp3) is 0.667. The summed E-state index contributed by atoms with van der Waals surface area (Å²) in [5.74, 6) is 0.977. The van der Waals surface area contributed by atoms with E-state index in [4.69, 9.17) is 4.74 Å². The van der Waals surface area contributed by atoms with E-state index in [2.05, 4.69) is 34.9 Å². The lowest BCUT2D eigenvalue weighted by atomic mass is 9.46. The lowest BCUT2D eigenvalue weighted by Crippen LogP contribution is -2.73. The number of hydrogen-bond donors (Lipinski definition) is 1. The fourth-order valence-electron chi connectivity index (χ4n) is 8.30. The maximum atomic E-state index is 13.3. The van der Waals surface area contributed by atoms with Crippen LogP contribution in [0.1, 0.15) is 31.7 Å². The number of amides is 1. The molecule has 1 N–H and O–H groups in total.